The lowest BCUT2D eigenvalue weighted by Crippen LogP contribution is -1.97. The second kappa shape index (κ2) is 9.71. The standard InChI is InChI=1S/C43H24N2O2/c1-44-29-17-19-38(45-36-13-7-5-11-30(36)31-12-6-8-14-37(31)45)33(25-29)28-16-21-40-35(24-28)42-41(46-40)22-18-32-34-23-27(26-9-3-2-4-10-26)15-20-39(34)47-43(32)42/h2-25H. The van der Waals surface area contributed by atoms with E-state index in [2.05, 4.69) is 125 Å². The molecule has 4 heteroatoms. The Bertz CT molecular complexity index is 2860. The van der Waals surface area contributed by atoms with Gasteiger partial charge in [-0.2, -0.15) is 0 Å². The largest absolute Gasteiger partial charge is 0.456 e. The molecule has 7 aromatic carbocycles. The van der Waals surface area contributed by atoms with Crippen molar-refractivity contribution in [2.75, 3.05) is 0 Å². The van der Waals surface area contributed by atoms with Crippen LogP contribution in [0, 0.1) is 6.57 Å². The lowest BCUT2D eigenvalue weighted by Gasteiger charge is -2.15. The summed E-state index contributed by atoms with van der Waals surface area (Å²) in [6, 6.07) is 50.2. The van der Waals surface area contributed by atoms with Crippen LogP contribution in [0.1, 0.15) is 0 Å². The average Bonchev–Trinajstić information content (AvgIpc) is 3.80. The molecule has 3 heterocycles. The number of hydrogen-bond acceptors (Lipinski definition) is 2. The first-order valence-corrected chi connectivity index (χ1v) is 15.6. The first-order chi connectivity index (χ1) is 23.2. The monoisotopic (exact) mass is 600 g/mol. The molecule has 0 fully saturated rings. The summed E-state index contributed by atoms with van der Waals surface area (Å²) in [6.07, 6.45) is 0. The van der Waals surface area contributed by atoms with Gasteiger partial charge in [0.2, 0.25) is 0 Å². The molecule has 0 bridgehead atoms. The predicted octanol–water partition coefficient (Wildman–Crippen LogP) is 12.5. The molecule has 0 aliphatic rings. The Morgan fingerprint density at radius 1 is 0.468 bits per heavy atom. The molecule has 3 aromatic heterocycles. The maximum absolute atomic E-state index is 7.83. The van der Waals surface area contributed by atoms with Gasteiger partial charge in [0.15, 0.2) is 5.69 Å². The van der Waals surface area contributed by atoms with Crippen LogP contribution < -0.4 is 0 Å². The molecule has 0 aliphatic carbocycles. The zero-order valence-corrected chi connectivity index (χ0v) is 25.1. The van der Waals surface area contributed by atoms with Crippen molar-refractivity contribution in [3.63, 3.8) is 0 Å². The highest BCUT2D eigenvalue weighted by atomic mass is 16.3. The highest BCUT2D eigenvalue weighted by molar-refractivity contribution is 6.22. The Labute approximate surface area is 269 Å². The summed E-state index contributed by atoms with van der Waals surface area (Å²) in [7, 11) is 0. The van der Waals surface area contributed by atoms with E-state index in [0.29, 0.717) is 5.69 Å². The van der Waals surface area contributed by atoms with Gasteiger partial charge in [-0.05, 0) is 82.9 Å². The molecular weight excluding hydrogens is 576 g/mol. The summed E-state index contributed by atoms with van der Waals surface area (Å²) in [5, 5.41) is 6.46. The summed E-state index contributed by atoms with van der Waals surface area (Å²) in [5.74, 6) is 0. The van der Waals surface area contributed by atoms with E-state index in [1.807, 2.05) is 30.3 Å². The topological polar surface area (TPSA) is 35.6 Å². The van der Waals surface area contributed by atoms with Crippen molar-refractivity contribution in [1.82, 2.24) is 4.57 Å². The van der Waals surface area contributed by atoms with Crippen molar-refractivity contribution in [2.24, 2.45) is 0 Å². The van der Waals surface area contributed by atoms with Gasteiger partial charge in [0.1, 0.15) is 22.3 Å². The summed E-state index contributed by atoms with van der Waals surface area (Å²) >= 11 is 0. The molecule has 10 rings (SSSR count). The molecule has 0 amide bonds. The van der Waals surface area contributed by atoms with Crippen molar-refractivity contribution >= 4 is 71.4 Å². The van der Waals surface area contributed by atoms with Gasteiger partial charge in [0.05, 0.1) is 28.7 Å². The average molecular weight is 601 g/mol. The lowest BCUT2D eigenvalue weighted by molar-refractivity contribution is 0.663. The van der Waals surface area contributed by atoms with Crippen molar-refractivity contribution in [1.29, 1.82) is 0 Å². The van der Waals surface area contributed by atoms with Crippen LogP contribution in [0.3, 0.4) is 0 Å². The third kappa shape index (κ3) is 3.75. The van der Waals surface area contributed by atoms with E-state index in [4.69, 9.17) is 15.4 Å². The molecule has 47 heavy (non-hydrogen) atoms. The van der Waals surface area contributed by atoms with Crippen molar-refractivity contribution in [3.05, 3.63) is 157 Å². The number of hydrogen-bond donors (Lipinski definition) is 0. The highest BCUT2D eigenvalue weighted by Crippen LogP contribution is 2.43. The Hall–Kier alpha value is -6.57. The van der Waals surface area contributed by atoms with E-state index in [1.54, 1.807) is 0 Å². The van der Waals surface area contributed by atoms with Crippen LogP contribution in [0.15, 0.2) is 154 Å². The van der Waals surface area contributed by atoms with Crippen LogP contribution in [0.5, 0.6) is 0 Å². The van der Waals surface area contributed by atoms with Gasteiger partial charge in [-0.25, -0.2) is 4.85 Å². The van der Waals surface area contributed by atoms with Gasteiger partial charge in [0.25, 0.3) is 0 Å². The quantitative estimate of drug-likeness (QED) is 0.189. The second-order valence-corrected chi connectivity index (χ2v) is 12.0. The number of aromatic nitrogens is 1. The zero-order valence-electron chi connectivity index (χ0n) is 25.1. The number of fused-ring (bicyclic) bond motifs is 10. The fraction of sp³-hybridized carbons (Fsp3) is 0. The van der Waals surface area contributed by atoms with Crippen molar-refractivity contribution < 1.29 is 8.83 Å². The number of nitrogens with zero attached hydrogens (tertiary/aromatic N) is 2. The molecule has 10 aromatic rings. The predicted molar refractivity (Wildman–Crippen MR) is 192 cm³/mol. The van der Waals surface area contributed by atoms with E-state index in [1.165, 1.54) is 16.3 Å². The van der Waals surface area contributed by atoms with E-state index in [9.17, 15) is 0 Å². The zero-order chi connectivity index (χ0) is 31.1. The third-order valence-electron chi connectivity index (χ3n) is 9.42. The van der Waals surface area contributed by atoms with E-state index >= 15 is 0 Å². The highest BCUT2D eigenvalue weighted by Gasteiger charge is 2.20. The van der Waals surface area contributed by atoms with Crippen LogP contribution in [0.2, 0.25) is 0 Å². The molecule has 0 saturated heterocycles. The van der Waals surface area contributed by atoms with Gasteiger partial charge in [-0.15, -0.1) is 0 Å². The molecule has 218 valence electrons. The SMILES string of the molecule is [C-]#[N+]c1ccc(-n2c3ccccc3c3ccccc32)c(-c2ccc3oc4ccc5c6cc(-c7ccccc7)ccc6oc5c4c3c2)c1. The maximum Gasteiger partial charge on any atom is 0.188 e. The number of rotatable bonds is 3. The van der Waals surface area contributed by atoms with Gasteiger partial charge in [-0.3, -0.25) is 0 Å². The number of benzene rings is 7. The minimum atomic E-state index is 0.593. The molecule has 0 N–H and O–H groups in total. The number of para-hydroxylation sites is 2. The van der Waals surface area contributed by atoms with Crippen molar-refractivity contribution in [3.8, 4) is 27.9 Å². The minimum absolute atomic E-state index is 0.593. The molecule has 0 radical (unpaired) electrons. The van der Waals surface area contributed by atoms with Crippen LogP contribution in [-0.2, 0) is 0 Å². The molecule has 4 nitrogen and oxygen atoms in total. The fourth-order valence-corrected chi connectivity index (χ4v) is 7.27. The van der Waals surface area contributed by atoms with Gasteiger partial charge in [0, 0.05) is 26.9 Å². The third-order valence-corrected chi connectivity index (χ3v) is 9.42. The van der Waals surface area contributed by atoms with E-state index in [-0.39, 0.29) is 0 Å². The summed E-state index contributed by atoms with van der Waals surface area (Å²) in [4.78, 5) is 3.81. The Morgan fingerprint density at radius 2 is 1.13 bits per heavy atom. The number of furan rings is 2. The Balaban J connectivity index is 1.23. The fourth-order valence-electron chi connectivity index (χ4n) is 7.27. The van der Waals surface area contributed by atoms with E-state index < -0.39 is 0 Å². The first-order valence-electron chi connectivity index (χ1n) is 15.6. The summed E-state index contributed by atoms with van der Waals surface area (Å²) in [6.45, 7) is 7.83. The maximum atomic E-state index is 7.83. The van der Waals surface area contributed by atoms with E-state index in [0.717, 1.165) is 77.3 Å². The second-order valence-electron chi connectivity index (χ2n) is 12.0. The minimum Gasteiger partial charge on any atom is -0.456 e. The Morgan fingerprint density at radius 3 is 1.89 bits per heavy atom. The van der Waals surface area contributed by atoms with Crippen molar-refractivity contribution in [2.45, 2.75) is 0 Å². The molecule has 0 unspecified atom stereocenters. The smallest absolute Gasteiger partial charge is 0.188 e. The van der Waals surface area contributed by atoms with Gasteiger partial charge < -0.3 is 13.4 Å². The molecule has 0 aliphatic heterocycles. The van der Waals surface area contributed by atoms with Crippen LogP contribution in [0.25, 0.3) is 98.5 Å². The lowest BCUT2D eigenvalue weighted by atomic mass is 9.99. The first kappa shape index (κ1) is 25.7. The van der Waals surface area contributed by atoms with Crippen LogP contribution in [0.4, 0.5) is 5.69 Å². The summed E-state index contributed by atoms with van der Waals surface area (Å²) < 4.78 is 15.3. The molecule has 0 spiro atoms. The van der Waals surface area contributed by atoms with Crippen LogP contribution in [-0.4, -0.2) is 4.57 Å². The normalized spacial score (nSPS) is 11.8. The molecular formula is C43H24N2O2. The van der Waals surface area contributed by atoms with Gasteiger partial charge in [-0.1, -0.05) is 84.9 Å². The van der Waals surface area contributed by atoms with Crippen LogP contribution >= 0.6 is 0 Å². The summed E-state index contributed by atoms with van der Waals surface area (Å²) in [5.41, 5.74) is 11.4. The van der Waals surface area contributed by atoms with Gasteiger partial charge >= 0.3 is 0 Å². The molecule has 0 atom stereocenters. The molecule has 0 saturated carbocycles. The Kier molecular flexibility index (Phi) is 5.32.